The molecule has 2 aromatic carbocycles. The summed E-state index contributed by atoms with van der Waals surface area (Å²) in [5.41, 5.74) is 3.95. The quantitative estimate of drug-likeness (QED) is 0.677. The van der Waals surface area contributed by atoms with Crippen LogP contribution in [-0.4, -0.2) is 50.5 Å². The summed E-state index contributed by atoms with van der Waals surface area (Å²) in [6.07, 6.45) is 0. The molecule has 0 fully saturated rings. The highest BCUT2D eigenvalue weighted by molar-refractivity contribution is 5.93. The molecule has 2 amide bonds. The summed E-state index contributed by atoms with van der Waals surface area (Å²) in [4.78, 5) is 27.4. The SMILES string of the molecule is CCOc1ccc(CN(C)C(=O)C[NH+](C)CC(=O)Nc2c(C)cccc2C)cc1. The molecule has 0 saturated heterocycles. The second-order valence-corrected chi connectivity index (χ2v) is 7.45. The van der Waals surface area contributed by atoms with Gasteiger partial charge in [0.15, 0.2) is 13.1 Å². The van der Waals surface area contributed by atoms with Crippen molar-refractivity contribution >= 4 is 17.5 Å². The number of likely N-dealkylation sites (N-methyl/N-ethyl adjacent to an activating group) is 2. The Balaban J connectivity index is 1.83. The minimum Gasteiger partial charge on any atom is -0.494 e. The molecule has 0 aliphatic heterocycles. The van der Waals surface area contributed by atoms with Crippen molar-refractivity contribution in [1.82, 2.24) is 4.90 Å². The van der Waals surface area contributed by atoms with E-state index in [9.17, 15) is 9.59 Å². The maximum Gasteiger partial charge on any atom is 0.279 e. The van der Waals surface area contributed by atoms with Crippen LogP contribution in [0.2, 0.25) is 0 Å². The lowest BCUT2D eigenvalue weighted by Crippen LogP contribution is -3.11. The highest BCUT2D eigenvalue weighted by atomic mass is 16.5. The van der Waals surface area contributed by atoms with Crippen LogP contribution in [-0.2, 0) is 16.1 Å². The van der Waals surface area contributed by atoms with Gasteiger partial charge in [0.1, 0.15) is 5.75 Å². The zero-order chi connectivity index (χ0) is 21.4. The molecule has 2 N–H and O–H groups in total. The highest BCUT2D eigenvalue weighted by Gasteiger charge is 2.18. The van der Waals surface area contributed by atoms with E-state index in [1.165, 1.54) is 0 Å². The van der Waals surface area contributed by atoms with Crippen molar-refractivity contribution in [3.05, 3.63) is 59.2 Å². The fourth-order valence-electron chi connectivity index (χ4n) is 3.14. The molecule has 0 radical (unpaired) electrons. The van der Waals surface area contributed by atoms with Crippen LogP contribution in [0, 0.1) is 13.8 Å². The van der Waals surface area contributed by atoms with Crippen molar-refractivity contribution in [2.75, 3.05) is 39.1 Å². The monoisotopic (exact) mass is 398 g/mol. The average Bonchev–Trinajstić information content (AvgIpc) is 2.66. The van der Waals surface area contributed by atoms with Crippen LogP contribution >= 0.6 is 0 Å². The number of para-hydroxylation sites is 1. The molecule has 0 spiro atoms. The Bertz CT molecular complexity index is 814. The van der Waals surface area contributed by atoms with Crippen molar-refractivity contribution in [3.63, 3.8) is 0 Å². The maximum atomic E-state index is 12.5. The zero-order valence-electron chi connectivity index (χ0n) is 18.0. The van der Waals surface area contributed by atoms with E-state index < -0.39 is 0 Å². The molecule has 156 valence electrons. The number of quaternary nitrogens is 1. The second-order valence-electron chi connectivity index (χ2n) is 7.45. The van der Waals surface area contributed by atoms with Crippen LogP contribution < -0.4 is 15.0 Å². The van der Waals surface area contributed by atoms with Crippen LogP contribution in [0.1, 0.15) is 23.6 Å². The van der Waals surface area contributed by atoms with Gasteiger partial charge in [0.05, 0.1) is 13.7 Å². The van der Waals surface area contributed by atoms with E-state index in [1.54, 1.807) is 11.9 Å². The lowest BCUT2D eigenvalue weighted by atomic mass is 10.1. The number of hydrogen-bond acceptors (Lipinski definition) is 3. The lowest BCUT2D eigenvalue weighted by molar-refractivity contribution is -0.862. The van der Waals surface area contributed by atoms with E-state index in [1.807, 2.05) is 70.3 Å². The van der Waals surface area contributed by atoms with Crippen molar-refractivity contribution in [2.24, 2.45) is 0 Å². The summed E-state index contributed by atoms with van der Waals surface area (Å²) in [5.74, 6) is 0.724. The zero-order valence-corrected chi connectivity index (χ0v) is 18.0. The molecule has 1 atom stereocenters. The molecule has 29 heavy (non-hydrogen) atoms. The molecule has 0 aliphatic carbocycles. The van der Waals surface area contributed by atoms with E-state index in [0.29, 0.717) is 13.2 Å². The van der Waals surface area contributed by atoms with Crippen molar-refractivity contribution < 1.29 is 19.2 Å². The molecule has 6 nitrogen and oxygen atoms in total. The first kappa shape index (κ1) is 22.4. The van der Waals surface area contributed by atoms with Gasteiger partial charge in [0.25, 0.3) is 11.8 Å². The van der Waals surface area contributed by atoms with Gasteiger partial charge in [-0.3, -0.25) is 9.59 Å². The Morgan fingerprint density at radius 3 is 2.24 bits per heavy atom. The number of benzene rings is 2. The average molecular weight is 399 g/mol. The number of aryl methyl sites for hydroxylation is 2. The van der Waals surface area contributed by atoms with E-state index in [-0.39, 0.29) is 24.9 Å². The number of nitrogens with zero attached hydrogens (tertiary/aromatic N) is 1. The summed E-state index contributed by atoms with van der Waals surface area (Å²) in [6.45, 7) is 7.53. The number of carbonyl (C=O) groups is 2. The van der Waals surface area contributed by atoms with Gasteiger partial charge in [-0.25, -0.2) is 0 Å². The maximum absolute atomic E-state index is 12.5. The fourth-order valence-corrected chi connectivity index (χ4v) is 3.14. The predicted molar refractivity (Wildman–Crippen MR) is 115 cm³/mol. The Hall–Kier alpha value is -2.86. The van der Waals surface area contributed by atoms with Crippen molar-refractivity contribution in [2.45, 2.75) is 27.3 Å². The normalized spacial score (nSPS) is 11.6. The van der Waals surface area contributed by atoms with E-state index in [0.717, 1.165) is 33.0 Å². The topological polar surface area (TPSA) is 63.1 Å². The molecule has 1 unspecified atom stereocenters. The predicted octanol–water partition coefficient (Wildman–Crippen LogP) is 1.81. The molecule has 0 aromatic heterocycles. The Labute approximate surface area is 173 Å². The first-order valence-electron chi connectivity index (χ1n) is 9.93. The van der Waals surface area contributed by atoms with Crippen molar-refractivity contribution in [1.29, 1.82) is 0 Å². The standard InChI is InChI=1S/C23H31N3O3/c1-6-29-20-12-10-19(11-13-20)14-26(5)22(28)16-25(4)15-21(27)24-23-17(2)8-7-9-18(23)3/h7-13H,6,14-16H2,1-5H3,(H,24,27)/p+1. The van der Waals surface area contributed by atoms with Gasteiger partial charge in [-0.05, 0) is 49.6 Å². The van der Waals surface area contributed by atoms with Gasteiger partial charge in [-0.15, -0.1) is 0 Å². The summed E-state index contributed by atoms with van der Waals surface area (Å²) in [5, 5.41) is 2.97. The molecule has 0 aliphatic rings. The number of ether oxygens (including phenoxy) is 1. The van der Waals surface area contributed by atoms with Crippen molar-refractivity contribution in [3.8, 4) is 5.75 Å². The molecular weight excluding hydrogens is 366 g/mol. The van der Waals surface area contributed by atoms with Gasteiger partial charge < -0.3 is 19.9 Å². The number of nitrogens with one attached hydrogen (secondary N) is 2. The summed E-state index contributed by atoms with van der Waals surface area (Å²) in [6, 6.07) is 13.7. The number of carbonyl (C=O) groups excluding carboxylic acids is 2. The van der Waals surface area contributed by atoms with Crippen LogP contribution in [0.4, 0.5) is 5.69 Å². The van der Waals surface area contributed by atoms with Gasteiger partial charge in [0, 0.05) is 19.3 Å². The number of amides is 2. The summed E-state index contributed by atoms with van der Waals surface area (Å²) >= 11 is 0. The molecule has 0 saturated carbocycles. The number of rotatable bonds is 9. The lowest BCUT2D eigenvalue weighted by Gasteiger charge is -2.20. The minimum atomic E-state index is -0.0955. The van der Waals surface area contributed by atoms with E-state index >= 15 is 0 Å². The van der Waals surface area contributed by atoms with E-state index in [2.05, 4.69) is 5.32 Å². The molecule has 2 rings (SSSR count). The minimum absolute atomic E-state index is 0.00347. The van der Waals surface area contributed by atoms with E-state index in [4.69, 9.17) is 4.74 Å². The van der Waals surface area contributed by atoms with Gasteiger partial charge >= 0.3 is 0 Å². The van der Waals surface area contributed by atoms with Crippen LogP contribution in [0.5, 0.6) is 5.75 Å². The Morgan fingerprint density at radius 1 is 1.03 bits per heavy atom. The highest BCUT2D eigenvalue weighted by Crippen LogP contribution is 2.19. The van der Waals surface area contributed by atoms with Gasteiger partial charge in [-0.2, -0.15) is 0 Å². The van der Waals surface area contributed by atoms with Crippen LogP contribution in [0.25, 0.3) is 0 Å². The Morgan fingerprint density at radius 2 is 1.66 bits per heavy atom. The number of anilines is 1. The van der Waals surface area contributed by atoms with Gasteiger partial charge in [0.2, 0.25) is 0 Å². The third kappa shape index (κ3) is 6.91. The molecule has 0 heterocycles. The van der Waals surface area contributed by atoms with Crippen LogP contribution in [0.15, 0.2) is 42.5 Å². The first-order valence-corrected chi connectivity index (χ1v) is 9.93. The summed E-state index contributed by atoms with van der Waals surface area (Å²) < 4.78 is 5.44. The third-order valence-electron chi connectivity index (χ3n) is 4.74. The molecular formula is C23H32N3O3+. The smallest absolute Gasteiger partial charge is 0.279 e. The fraction of sp³-hybridized carbons (Fsp3) is 0.391. The van der Waals surface area contributed by atoms with Gasteiger partial charge in [-0.1, -0.05) is 30.3 Å². The van der Waals surface area contributed by atoms with Crippen LogP contribution in [0.3, 0.4) is 0 Å². The second kappa shape index (κ2) is 10.6. The largest absolute Gasteiger partial charge is 0.494 e. The molecule has 6 heteroatoms. The number of hydrogen-bond donors (Lipinski definition) is 2. The molecule has 2 aromatic rings. The first-order chi connectivity index (χ1) is 13.8. The Kier molecular flexibility index (Phi) is 8.21. The summed E-state index contributed by atoms with van der Waals surface area (Å²) in [7, 11) is 3.63. The third-order valence-corrected chi connectivity index (χ3v) is 4.74. The molecule has 0 bridgehead atoms.